The Kier molecular flexibility index (Phi) is 6.38. The number of ether oxygens (including phenoxy) is 2. The summed E-state index contributed by atoms with van der Waals surface area (Å²) in [5.74, 6) is 1.53. The quantitative estimate of drug-likeness (QED) is 0.473. The second-order valence-electron chi connectivity index (χ2n) is 8.02. The van der Waals surface area contributed by atoms with Crippen LogP contribution in [0.15, 0.2) is 66.9 Å². The van der Waals surface area contributed by atoms with Gasteiger partial charge in [0.15, 0.2) is 0 Å². The first-order valence-corrected chi connectivity index (χ1v) is 9.91. The maximum Gasteiger partial charge on any atom is 0.221 e. The first kappa shape index (κ1) is 20.7. The van der Waals surface area contributed by atoms with Gasteiger partial charge in [0.1, 0.15) is 12.4 Å². The van der Waals surface area contributed by atoms with Gasteiger partial charge in [0, 0.05) is 17.3 Å². The van der Waals surface area contributed by atoms with E-state index in [1.807, 2.05) is 37.3 Å². The van der Waals surface area contributed by atoms with Gasteiger partial charge < -0.3 is 9.47 Å². The average Bonchev–Trinajstić information content (AvgIpc) is 2.72. The Hall–Kier alpha value is -3.07. The van der Waals surface area contributed by atoms with Gasteiger partial charge in [0.2, 0.25) is 5.88 Å². The molecule has 3 nitrogen and oxygen atoms in total. The fraction of sp³-hybridized carbons (Fsp3) is 0.269. The predicted molar refractivity (Wildman–Crippen MR) is 120 cm³/mol. The van der Waals surface area contributed by atoms with Crippen molar-refractivity contribution in [2.45, 2.75) is 39.7 Å². The van der Waals surface area contributed by atoms with Crippen LogP contribution in [0, 0.1) is 0 Å². The lowest BCUT2D eigenvalue weighted by molar-refractivity contribution is 0.295. The van der Waals surface area contributed by atoms with Gasteiger partial charge in [0.05, 0.1) is 7.11 Å². The average molecular weight is 388 g/mol. The number of rotatable bonds is 6. The summed E-state index contributed by atoms with van der Waals surface area (Å²) in [5, 5.41) is 0. The van der Waals surface area contributed by atoms with Gasteiger partial charge in [-0.1, -0.05) is 63.3 Å². The molecule has 0 spiro atoms. The first-order valence-electron chi connectivity index (χ1n) is 9.91. The molecule has 0 aliphatic heterocycles. The van der Waals surface area contributed by atoms with E-state index in [4.69, 9.17) is 9.47 Å². The highest BCUT2D eigenvalue weighted by molar-refractivity contribution is 5.80. The molecule has 1 aromatic heterocycles. The zero-order valence-corrected chi connectivity index (χ0v) is 17.9. The fourth-order valence-electron chi connectivity index (χ4n) is 3.34. The van der Waals surface area contributed by atoms with E-state index in [0.29, 0.717) is 12.5 Å². The summed E-state index contributed by atoms with van der Waals surface area (Å²) in [6.07, 6.45) is 5.90. The molecular weight excluding hydrogens is 358 g/mol. The lowest BCUT2D eigenvalue weighted by Gasteiger charge is -2.24. The van der Waals surface area contributed by atoms with E-state index in [-0.39, 0.29) is 5.41 Å². The number of hydrogen-bond donors (Lipinski definition) is 0. The number of hydrogen-bond acceptors (Lipinski definition) is 3. The summed E-state index contributed by atoms with van der Waals surface area (Å²) in [7, 11) is 1.72. The Morgan fingerprint density at radius 3 is 2.38 bits per heavy atom. The summed E-state index contributed by atoms with van der Waals surface area (Å²) in [6, 6.07) is 18.5. The topological polar surface area (TPSA) is 31.4 Å². The molecule has 0 radical (unpaired) electrons. The van der Waals surface area contributed by atoms with E-state index in [1.165, 1.54) is 0 Å². The third-order valence-electron chi connectivity index (χ3n) is 4.81. The van der Waals surface area contributed by atoms with Crippen molar-refractivity contribution in [1.29, 1.82) is 0 Å². The summed E-state index contributed by atoms with van der Waals surface area (Å²) in [4.78, 5) is 4.53. The van der Waals surface area contributed by atoms with Gasteiger partial charge >= 0.3 is 0 Å². The molecule has 0 aliphatic rings. The highest BCUT2D eigenvalue weighted by Crippen LogP contribution is 2.40. The van der Waals surface area contributed by atoms with Crippen molar-refractivity contribution in [2.75, 3.05) is 7.11 Å². The van der Waals surface area contributed by atoms with Gasteiger partial charge in [0.25, 0.3) is 0 Å². The van der Waals surface area contributed by atoms with Gasteiger partial charge in [-0.05, 0) is 53.3 Å². The number of methoxy groups -OCH3 is 1. The summed E-state index contributed by atoms with van der Waals surface area (Å²) >= 11 is 0. The van der Waals surface area contributed by atoms with Gasteiger partial charge in [-0.3, -0.25) is 0 Å². The van der Waals surface area contributed by atoms with Crippen molar-refractivity contribution >= 4 is 6.08 Å². The van der Waals surface area contributed by atoms with Crippen LogP contribution in [0.2, 0.25) is 0 Å². The molecule has 2 aromatic carbocycles. The highest BCUT2D eigenvalue weighted by atomic mass is 16.5. The molecule has 0 saturated carbocycles. The normalized spacial score (nSPS) is 11.6. The van der Waals surface area contributed by atoms with Crippen LogP contribution in [0.25, 0.3) is 17.2 Å². The third-order valence-corrected chi connectivity index (χ3v) is 4.81. The van der Waals surface area contributed by atoms with Crippen molar-refractivity contribution in [3.8, 4) is 22.8 Å². The van der Waals surface area contributed by atoms with Crippen LogP contribution in [-0.2, 0) is 12.0 Å². The van der Waals surface area contributed by atoms with E-state index in [2.05, 4.69) is 62.2 Å². The number of allylic oxidation sites excluding steroid dienone is 1. The summed E-state index contributed by atoms with van der Waals surface area (Å²) in [5.41, 5.74) is 5.36. The zero-order chi connectivity index (χ0) is 20.9. The van der Waals surface area contributed by atoms with Crippen molar-refractivity contribution in [2.24, 2.45) is 0 Å². The van der Waals surface area contributed by atoms with E-state index >= 15 is 0 Å². The minimum Gasteiger partial charge on any atom is -0.496 e. The molecule has 3 heteroatoms. The molecule has 29 heavy (non-hydrogen) atoms. The Labute approximate surface area is 174 Å². The molecule has 1 heterocycles. The number of aromatic nitrogens is 1. The van der Waals surface area contributed by atoms with Crippen molar-refractivity contribution < 1.29 is 9.47 Å². The second kappa shape index (κ2) is 8.95. The molecule has 0 atom stereocenters. The summed E-state index contributed by atoms with van der Waals surface area (Å²) in [6.45, 7) is 9.08. The van der Waals surface area contributed by atoms with E-state index < -0.39 is 0 Å². The monoisotopic (exact) mass is 387 g/mol. The third kappa shape index (κ3) is 4.86. The van der Waals surface area contributed by atoms with Crippen molar-refractivity contribution in [3.05, 3.63) is 83.6 Å². The molecule has 0 saturated heterocycles. The zero-order valence-electron chi connectivity index (χ0n) is 17.9. The van der Waals surface area contributed by atoms with Crippen LogP contribution in [0.5, 0.6) is 11.6 Å². The standard InChI is InChI=1S/C26H29NO2/c1-6-11-20-16-24(28-5)23(26(2,3)4)17-22(20)21-14-10-15-27-25(21)29-18-19-12-8-7-9-13-19/h6-17H,18H2,1-5H3. The molecule has 0 fully saturated rings. The Bertz CT molecular complexity index is 985. The molecule has 3 aromatic rings. The summed E-state index contributed by atoms with van der Waals surface area (Å²) < 4.78 is 11.8. The van der Waals surface area contributed by atoms with Crippen molar-refractivity contribution in [3.63, 3.8) is 0 Å². The maximum atomic E-state index is 6.13. The van der Waals surface area contributed by atoms with Crippen LogP contribution in [-0.4, -0.2) is 12.1 Å². The largest absolute Gasteiger partial charge is 0.496 e. The molecule has 0 unspecified atom stereocenters. The van der Waals surface area contributed by atoms with E-state index in [9.17, 15) is 0 Å². The smallest absolute Gasteiger partial charge is 0.221 e. The molecule has 0 aliphatic carbocycles. The van der Waals surface area contributed by atoms with Crippen LogP contribution in [0.4, 0.5) is 0 Å². The minimum absolute atomic E-state index is 0.0537. The minimum atomic E-state index is -0.0537. The molecule has 0 bridgehead atoms. The maximum absolute atomic E-state index is 6.13. The van der Waals surface area contributed by atoms with Gasteiger partial charge in [-0.2, -0.15) is 0 Å². The Morgan fingerprint density at radius 1 is 0.966 bits per heavy atom. The molecule has 150 valence electrons. The Morgan fingerprint density at radius 2 is 1.72 bits per heavy atom. The SMILES string of the molecule is CC=Cc1cc(OC)c(C(C)(C)C)cc1-c1cccnc1OCc1ccccc1. The molecule has 0 N–H and O–H groups in total. The number of benzene rings is 2. The van der Waals surface area contributed by atoms with E-state index in [0.717, 1.165) is 33.6 Å². The molecule has 3 rings (SSSR count). The van der Waals surface area contributed by atoms with Crippen molar-refractivity contribution in [1.82, 2.24) is 4.98 Å². The molecule has 0 amide bonds. The number of nitrogens with zero attached hydrogens (tertiary/aromatic N) is 1. The van der Waals surface area contributed by atoms with Gasteiger partial charge in [-0.25, -0.2) is 4.98 Å². The molecular formula is C26H29NO2. The lowest BCUT2D eigenvalue weighted by atomic mass is 9.83. The van der Waals surface area contributed by atoms with Crippen LogP contribution in [0.1, 0.15) is 44.4 Å². The Balaban J connectivity index is 2.10. The van der Waals surface area contributed by atoms with Crippen LogP contribution in [0.3, 0.4) is 0 Å². The van der Waals surface area contributed by atoms with Gasteiger partial charge in [-0.15, -0.1) is 0 Å². The first-order chi connectivity index (χ1) is 13.9. The van der Waals surface area contributed by atoms with Crippen LogP contribution >= 0.6 is 0 Å². The predicted octanol–water partition coefficient (Wildman–Crippen LogP) is 6.67. The van der Waals surface area contributed by atoms with E-state index in [1.54, 1.807) is 13.3 Å². The number of pyridine rings is 1. The highest BCUT2D eigenvalue weighted by Gasteiger charge is 2.22. The van der Waals surface area contributed by atoms with Crippen LogP contribution < -0.4 is 9.47 Å². The lowest BCUT2D eigenvalue weighted by Crippen LogP contribution is -2.13. The second-order valence-corrected chi connectivity index (χ2v) is 8.02. The fourth-order valence-corrected chi connectivity index (χ4v) is 3.34.